The normalized spacial score (nSPS) is 12.1. The molecule has 0 aliphatic carbocycles. The van der Waals surface area contributed by atoms with Crippen LogP contribution in [-0.2, 0) is 4.79 Å². The maximum Gasteiger partial charge on any atom is 0.219 e. The molecule has 4 N–H and O–H groups in total. The second-order valence-electron chi connectivity index (χ2n) is 4.76. The number of unbranched alkanes of at least 4 members (excludes halogenated alkanes) is 3. The molecule has 0 aliphatic heterocycles. The molecule has 1 unspecified atom stereocenters. The minimum Gasteiger partial charge on any atom is -0.494 e. The molecular weight excluding hydrogens is 240 g/mol. The Morgan fingerprint density at radius 2 is 1.89 bits per heavy atom. The van der Waals surface area contributed by atoms with Gasteiger partial charge in [0.1, 0.15) is 5.75 Å². The van der Waals surface area contributed by atoms with Gasteiger partial charge in [-0.1, -0.05) is 38.3 Å². The van der Waals surface area contributed by atoms with Crippen molar-refractivity contribution in [2.75, 3.05) is 6.61 Å². The number of amides is 1. The molecule has 4 heteroatoms. The third-order valence-electron chi connectivity index (χ3n) is 3.00. The molecule has 1 rings (SSSR count). The number of carbonyl (C=O) groups is 1. The van der Waals surface area contributed by atoms with E-state index in [9.17, 15) is 4.79 Å². The Morgan fingerprint density at radius 3 is 2.47 bits per heavy atom. The lowest BCUT2D eigenvalue weighted by atomic mass is 10.0. The Labute approximate surface area is 115 Å². The van der Waals surface area contributed by atoms with Crippen LogP contribution >= 0.6 is 0 Å². The first-order valence-corrected chi connectivity index (χ1v) is 6.90. The summed E-state index contributed by atoms with van der Waals surface area (Å²) in [7, 11) is 0. The lowest BCUT2D eigenvalue weighted by molar-refractivity contribution is -0.118. The largest absolute Gasteiger partial charge is 0.494 e. The number of benzene rings is 1. The standard InChI is InChI=1S/C15H24N2O2/c1-2-3-4-5-10-19-13-8-6-12(7-9-13)14(16)11-15(17)18/h6-9,14H,2-5,10-11,16H2,1H3,(H2,17,18). The quantitative estimate of drug-likeness (QED) is 0.673. The number of ether oxygens (including phenoxy) is 1. The molecule has 0 fully saturated rings. The van der Waals surface area contributed by atoms with Gasteiger partial charge in [-0.3, -0.25) is 4.79 Å². The van der Waals surface area contributed by atoms with E-state index in [1.54, 1.807) is 0 Å². The summed E-state index contributed by atoms with van der Waals surface area (Å²) in [6, 6.07) is 7.20. The maximum absolute atomic E-state index is 10.8. The van der Waals surface area contributed by atoms with Gasteiger partial charge < -0.3 is 16.2 Å². The highest BCUT2D eigenvalue weighted by Crippen LogP contribution is 2.18. The molecule has 1 atom stereocenters. The number of hydrogen-bond donors (Lipinski definition) is 2. The Bertz CT molecular complexity index is 376. The smallest absolute Gasteiger partial charge is 0.219 e. The maximum atomic E-state index is 10.8. The fourth-order valence-electron chi connectivity index (χ4n) is 1.86. The summed E-state index contributed by atoms with van der Waals surface area (Å²) in [5.74, 6) is 0.454. The van der Waals surface area contributed by atoms with E-state index in [1.165, 1.54) is 19.3 Å². The van der Waals surface area contributed by atoms with Crippen molar-refractivity contribution in [1.29, 1.82) is 0 Å². The van der Waals surface area contributed by atoms with Gasteiger partial charge in [0, 0.05) is 12.5 Å². The van der Waals surface area contributed by atoms with Crippen LogP contribution in [0.3, 0.4) is 0 Å². The highest BCUT2D eigenvalue weighted by Gasteiger charge is 2.09. The molecule has 0 saturated carbocycles. The molecule has 1 aromatic rings. The molecule has 0 aliphatic rings. The molecule has 1 amide bonds. The number of nitrogens with two attached hydrogens (primary N) is 2. The van der Waals surface area contributed by atoms with Gasteiger partial charge >= 0.3 is 0 Å². The summed E-state index contributed by atoms with van der Waals surface area (Å²) in [6.45, 7) is 2.93. The molecule has 0 spiro atoms. The predicted molar refractivity (Wildman–Crippen MR) is 76.8 cm³/mol. The summed E-state index contributed by atoms with van der Waals surface area (Å²) < 4.78 is 5.64. The van der Waals surface area contributed by atoms with Crippen molar-refractivity contribution in [2.45, 2.75) is 45.1 Å². The highest BCUT2D eigenvalue weighted by atomic mass is 16.5. The summed E-state index contributed by atoms with van der Waals surface area (Å²) in [5.41, 5.74) is 11.9. The van der Waals surface area contributed by atoms with Crippen molar-refractivity contribution < 1.29 is 9.53 Å². The fourth-order valence-corrected chi connectivity index (χ4v) is 1.86. The zero-order chi connectivity index (χ0) is 14.1. The first-order valence-electron chi connectivity index (χ1n) is 6.90. The molecule has 4 nitrogen and oxygen atoms in total. The van der Waals surface area contributed by atoms with Gasteiger partial charge in [-0.15, -0.1) is 0 Å². The minimum atomic E-state index is -0.385. The van der Waals surface area contributed by atoms with Gasteiger partial charge in [0.25, 0.3) is 0 Å². The lowest BCUT2D eigenvalue weighted by Crippen LogP contribution is -2.20. The first kappa shape index (κ1) is 15.5. The van der Waals surface area contributed by atoms with Gasteiger partial charge in [-0.2, -0.15) is 0 Å². The van der Waals surface area contributed by atoms with Gasteiger partial charge in [0.15, 0.2) is 0 Å². The predicted octanol–water partition coefficient (Wildman–Crippen LogP) is 2.52. The van der Waals surface area contributed by atoms with Crippen LogP contribution in [-0.4, -0.2) is 12.5 Å². The minimum absolute atomic E-state index is 0.164. The molecule has 0 saturated heterocycles. The second-order valence-corrected chi connectivity index (χ2v) is 4.76. The summed E-state index contributed by atoms with van der Waals surface area (Å²) >= 11 is 0. The highest BCUT2D eigenvalue weighted by molar-refractivity contribution is 5.74. The summed E-state index contributed by atoms with van der Waals surface area (Å²) in [5, 5.41) is 0. The van der Waals surface area contributed by atoms with Crippen LogP contribution < -0.4 is 16.2 Å². The topological polar surface area (TPSA) is 78.3 Å². The zero-order valence-corrected chi connectivity index (χ0v) is 11.6. The number of rotatable bonds is 9. The molecule has 19 heavy (non-hydrogen) atoms. The van der Waals surface area contributed by atoms with Gasteiger partial charge in [0.05, 0.1) is 6.61 Å². The number of carbonyl (C=O) groups excluding carboxylic acids is 1. The van der Waals surface area contributed by atoms with Crippen molar-refractivity contribution in [1.82, 2.24) is 0 Å². The summed E-state index contributed by atoms with van der Waals surface area (Å²) in [4.78, 5) is 10.8. The van der Waals surface area contributed by atoms with E-state index in [2.05, 4.69) is 6.92 Å². The Morgan fingerprint density at radius 1 is 1.21 bits per heavy atom. The van der Waals surface area contributed by atoms with Crippen LogP contribution in [0.5, 0.6) is 5.75 Å². The van der Waals surface area contributed by atoms with E-state index >= 15 is 0 Å². The Hall–Kier alpha value is -1.55. The lowest BCUT2D eigenvalue weighted by Gasteiger charge is -2.11. The van der Waals surface area contributed by atoms with Gasteiger partial charge in [-0.25, -0.2) is 0 Å². The Kier molecular flexibility index (Phi) is 6.97. The van der Waals surface area contributed by atoms with Crippen LogP contribution in [0.15, 0.2) is 24.3 Å². The van der Waals surface area contributed by atoms with Crippen LogP contribution in [0.4, 0.5) is 0 Å². The monoisotopic (exact) mass is 264 g/mol. The van der Waals surface area contributed by atoms with Gasteiger partial charge in [0.2, 0.25) is 5.91 Å². The number of primary amides is 1. The third-order valence-corrected chi connectivity index (χ3v) is 3.00. The average molecular weight is 264 g/mol. The Balaban J connectivity index is 2.36. The molecular formula is C15H24N2O2. The van der Waals surface area contributed by atoms with E-state index in [0.717, 1.165) is 24.3 Å². The molecule has 0 heterocycles. The van der Waals surface area contributed by atoms with Gasteiger partial charge in [-0.05, 0) is 24.1 Å². The third kappa shape index (κ3) is 6.25. The van der Waals surface area contributed by atoms with Crippen LogP contribution in [0.2, 0.25) is 0 Å². The van der Waals surface area contributed by atoms with E-state index in [4.69, 9.17) is 16.2 Å². The van der Waals surface area contributed by atoms with Crippen LogP contribution in [0.1, 0.15) is 50.6 Å². The fraction of sp³-hybridized carbons (Fsp3) is 0.533. The first-order chi connectivity index (χ1) is 9.13. The van der Waals surface area contributed by atoms with Crippen molar-refractivity contribution in [2.24, 2.45) is 11.5 Å². The van der Waals surface area contributed by atoms with E-state index in [0.29, 0.717) is 0 Å². The van der Waals surface area contributed by atoms with Crippen molar-refractivity contribution in [3.8, 4) is 5.75 Å². The molecule has 0 aromatic heterocycles. The van der Waals surface area contributed by atoms with E-state index in [1.807, 2.05) is 24.3 Å². The van der Waals surface area contributed by atoms with Crippen LogP contribution in [0, 0.1) is 0 Å². The zero-order valence-electron chi connectivity index (χ0n) is 11.6. The van der Waals surface area contributed by atoms with Crippen molar-refractivity contribution in [3.63, 3.8) is 0 Å². The molecule has 0 radical (unpaired) electrons. The molecule has 0 bridgehead atoms. The molecule has 1 aromatic carbocycles. The second kappa shape index (κ2) is 8.53. The summed E-state index contributed by atoms with van der Waals surface area (Å²) in [6.07, 6.45) is 4.93. The number of hydrogen-bond acceptors (Lipinski definition) is 3. The van der Waals surface area contributed by atoms with E-state index in [-0.39, 0.29) is 18.4 Å². The van der Waals surface area contributed by atoms with Crippen LogP contribution in [0.25, 0.3) is 0 Å². The van der Waals surface area contributed by atoms with E-state index < -0.39 is 0 Å². The SMILES string of the molecule is CCCCCCOc1ccc(C(N)CC(N)=O)cc1. The van der Waals surface area contributed by atoms with Crippen molar-refractivity contribution in [3.05, 3.63) is 29.8 Å². The average Bonchev–Trinajstić information content (AvgIpc) is 2.38. The molecule has 106 valence electrons. The van der Waals surface area contributed by atoms with Crippen molar-refractivity contribution >= 4 is 5.91 Å².